The highest BCUT2D eigenvalue weighted by atomic mass is 35.5. The number of carbonyl (C=O) groups is 2. The number of halogens is 1. The zero-order chi connectivity index (χ0) is 16.8. The molecule has 0 unspecified atom stereocenters. The van der Waals surface area contributed by atoms with Gasteiger partial charge in [0, 0.05) is 31.8 Å². The van der Waals surface area contributed by atoms with Crippen LogP contribution in [0.1, 0.15) is 41.6 Å². The lowest BCUT2D eigenvalue weighted by atomic mass is 9.93. The molecule has 1 aromatic rings. The van der Waals surface area contributed by atoms with Gasteiger partial charge in [0.2, 0.25) is 5.91 Å². The number of hydrogen-bond acceptors (Lipinski definition) is 3. The second-order valence-electron chi connectivity index (χ2n) is 6.51. The maximum atomic E-state index is 12.1. The Balaban J connectivity index is 0.00000288. The van der Waals surface area contributed by atoms with Crippen molar-refractivity contribution in [1.82, 2.24) is 10.2 Å². The first-order valence-electron chi connectivity index (χ1n) is 8.30. The molecule has 0 bridgehead atoms. The molecule has 6 heteroatoms. The largest absolute Gasteiger partial charge is 0.345 e. The van der Waals surface area contributed by atoms with Crippen molar-refractivity contribution in [2.24, 2.45) is 5.92 Å². The highest BCUT2D eigenvalue weighted by molar-refractivity contribution is 5.98. The number of aryl methyl sites for hydroxylation is 1. The van der Waals surface area contributed by atoms with Gasteiger partial charge in [-0.15, -0.1) is 12.4 Å². The molecule has 0 atom stereocenters. The molecule has 2 rings (SSSR count). The molecule has 2 amide bonds. The van der Waals surface area contributed by atoms with E-state index in [1.165, 1.54) is 0 Å². The molecule has 0 aliphatic carbocycles. The smallest absolute Gasteiger partial charge is 0.253 e. The van der Waals surface area contributed by atoms with Gasteiger partial charge in [-0.25, -0.2) is 0 Å². The normalized spacial score (nSPS) is 14.6. The van der Waals surface area contributed by atoms with E-state index in [1.807, 2.05) is 19.1 Å². The topological polar surface area (TPSA) is 61.4 Å². The summed E-state index contributed by atoms with van der Waals surface area (Å²) in [6.45, 7) is 4.01. The third kappa shape index (κ3) is 5.80. The van der Waals surface area contributed by atoms with Crippen LogP contribution in [0, 0.1) is 12.8 Å². The first-order valence-corrected chi connectivity index (χ1v) is 8.30. The number of nitrogens with zero attached hydrogens (tertiary/aromatic N) is 1. The van der Waals surface area contributed by atoms with Crippen LogP contribution in [0.4, 0.5) is 5.69 Å². The van der Waals surface area contributed by atoms with Gasteiger partial charge in [0.15, 0.2) is 0 Å². The third-order valence-corrected chi connectivity index (χ3v) is 4.40. The van der Waals surface area contributed by atoms with Gasteiger partial charge >= 0.3 is 0 Å². The Labute approximate surface area is 150 Å². The van der Waals surface area contributed by atoms with Gasteiger partial charge in [-0.3, -0.25) is 9.59 Å². The lowest BCUT2D eigenvalue weighted by Crippen LogP contribution is -2.28. The maximum Gasteiger partial charge on any atom is 0.253 e. The van der Waals surface area contributed by atoms with Gasteiger partial charge in [-0.1, -0.05) is 6.07 Å². The molecule has 1 heterocycles. The Morgan fingerprint density at radius 1 is 1.25 bits per heavy atom. The molecule has 134 valence electrons. The summed E-state index contributed by atoms with van der Waals surface area (Å²) in [5.41, 5.74) is 2.23. The number of rotatable bonds is 5. The highest BCUT2D eigenvalue weighted by Gasteiger charge is 2.16. The first-order chi connectivity index (χ1) is 11.0. The Morgan fingerprint density at radius 3 is 2.54 bits per heavy atom. The fraction of sp³-hybridized carbons (Fsp3) is 0.556. The molecule has 1 aliphatic heterocycles. The van der Waals surface area contributed by atoms with E-state index < -0.39 is 0 Å². The number of amides is 2. The Hall–Kier alpha value is -1.59. The van der Waals surface area contributed by atoms with E-state index in [2.05, 4.69) is 10.6 Å². The minimum absolute atomic E-state index is 0. The third-order valence-electron chi connectivity index (χ3n) is 4.40. The van der Waals surface area contributed by atoms with E-state index >= 15 is 0 Å². The Morgan fingerprint density at radius 2 is 1.92 bits per heavy atom. The summed E-state index contributed by atoms with van der Waals surface area (Å²) in [7, 11) is 3.46. The van der Waals surface area contributed by atoms with Crippen LogP contribution < -0.4 is 10.6 Å². The SMILES string of the molecule is Cc1ccc(NC(=O)CCC2CCNCC2)cc1C(=O)N(C)C.Cl. The van der Waals surface area contributed by atoms with E-state index in [9.17, 15) is 9.59 Å². The molecule has 0 saturated carbocycles. The summed E-state index contributed by atoms with van der Waals surface area (Å²) in [6.07, 6.45) is 3.77. The maximum absolute atomic E-state index is 12.1. The van der Waals surface area contributed by atoms with Crippen LogP contribution in [0.15, 0.2) is 18.2 Å². The number of piperidine rings is 1. The number of hydrogen-bond donors (Lipinski definition) is 2. The number of anilines is 1. The fourth-order valence-electron chi connectivity index (χ4n) is 2.90. The molecule has 1 fully saturated rings. The van der Waals surface area contributed by atoms with Crippen molar-refractivity contribution in [3.63, 3.8) is 0 Å². The van der Waals surface area contributed by atoms with Crippen molar-refractivity contribution in [2.45, 2.75) is 32.6 Å². The summed E-state index contributed by atoms with van der Waals surface area (Å²) in [6, 6.07) is 5.49. The van der Waals surface area contributed by atoms with Crippen LogP contribution in [0.25, 0.3) is 0 Å². The van der Waals surface area contributed by atoms with Crippen molar-refractivity contribution in [3.8, 4) is 0 Å². The lowest BCUT2D eigenvalue weighted by molar-refractivity contribution is -0.116. The minimum atomic E-state index is -0.0479. The van der Waals surface area contributed by atoms with Crippen molar-refractivity contribution < 1.29 is 9.59 Å². The fourth-order valence-corrected chi connectivity index (χ4v) is 2.90. The number of nitrogens with one attached hydrogen (secondary N) is 2. The molecule has 5 nitrogen and oxygen atoms in total. The average Bonchev–Trinajstić information content (AvgIpc) is 2.55. The van der Waals surface area contributed by atoms with Crippen LogP contribution in [0.5, 0.6) is 0 Å². The molecule has 1 saturated heterocycles. The van der Waals surface area contributed by atoms with Crippen molar-refractivity contribution in [1.29, 1.82) is 0 Å². The standard InChI is InChI=1S/C18H27N3O2.ClH/c1-13-4-6-15(12-16(13)18(23)21(2)3)20-17(22)7-5-14-8-10-19-11-9-14;/h4,6,12,14,19H,5,7-11H2,1-3H3,(H,20,22);1H. The van der Waals surface area contributed by atoms with Gasteiger partial charge in [-0.05, 0) is 62.9 Å². The zero-order valence-corrected chi connectivity index (χ0v) is 15.5. The van der Waals surface area contributed by atoms with Gasteiger partial charge in [0.05, 0.1) is 0 Å². The summed E-state index contributed by atoms with van der Waals surface area (Å²) < 4.78 is 0. The van der Waals surface area contributed by atoms with E-state index in [1.54, 1.807) is 25.1 Å². The molecular weight excluding hydrogens is 326 g/mol. The molecule has 0 radical (unpaired) electrons. The minimum Gasteiger partial charge on any atom is -0.345 e. The zero-order valence-electron chi connectivity index (χ0n) is 14.7. The van der Waals surface area contributed by atoms with Crippen molar-refractivity contribution >= 4 is 29.9 Å². The second-order valence-corrected chi connectivity index (χ2v) is 6.51. The molecule has 24 heavy (non-hydrogen) atoms. The number of carbonyl (C=O) groups excluding carboxylic acids is 2. The van der Waals surface area contributed by atoms with Crippen LogP contribution >= 0.6 is 12.4 Å². The van der Waals surface area contributed by atoms with Crippen molar-refractivity contribution in [2.75, 3.05) is 32.5 Å². The molecule has 1 aromatic carbocycles. The molecule has 2 N–H and O–H groups in total. The first kappa shape index (κ1) is 20.5. The van der Waals surface area contributed by atoms with E-state index in [-0.39, 0.29) is 24.2 Å². The summed E-state index contributed by atoms with van der Waals surface area (Å²) in [5.74, 6) is 0.620. The molecule has 0 aromatic heterocycles. The molecular formula is C18H28ClN3O2. The summed E-state index contributed by atoms with van der Waals surface area (Å²) in [4.78, 5) is 25.8. The highest BCUT2D eigenvalue weighted by Crippen LogP contribution is 2.20. The average molecular weight is 354 g/mol. The Kier molecular flexibility index (Phi) is 8.22. The van der Waals surface area contributed by atoms with Crippen LogP contribution in [-0.4, -0.2) is 43.9 Å². The Bertz CT molecular complexity index is 569. The number of benzene rings is 1. The van der Waals surface area contributed by atoms with E-state index in [0.29, 0.717) is 23.6 Å². The predicted octanol–water partition coefficient (Wildman–Crippen LogP) is 2.84. The lowest BCUT2D eigenvalue weighted by Gasteiger charge is -2.22. The van der Waals surface area contributed by atoms with Gasteiger partial charge in [0.25, 0.3) is 5.91 Å². The van der Waals surface area contributed by atoms with E-state index in [4.69, 9.17) is 0 Å². The molecule has 0 spiro atoms. The van der Waals surface area contributed by atoms with E-state index in [0.717, 1.165) is 37.9 Å². The van der Waals surface area contributed by atoms with Crippen molar-refractivity contribution in [3.05, 3.63) is 29.3 Å². The summed E-state index contributed by atoms with van der Waals surface area (Å²) in [5, 5.41) is 6.25. The molecule has 1 aliphatic rings. The van der Waals surface area contributed by atoms with Gasteiger partial charge in [0.1, 0.15) is 0 Å². The predicted molar refractivity (Wildman–Crippen MR) is 99.9 cm³/mol. The van der Waals surface area contributed by atoms with Crippen LogP contribution in [0.3, 0.4) is 0 Å². The van der Waals surface area contributed by atoms with Crippen LogP contribution in [-0.2, 0) is 4.79 Å². The quantitative estimate of drug-likeness (QED) is 0.855. The van der Waals surface area contributed by atoms with Gasteiger partial charge < -0.3 is 15.5 Å². The second kappa shape index (κ2) is 9.64. The van der Waals surface area contributed by atoms with Gasteiger partial charge in [-0.2, -0.15) is 0 Å². The van der Waals surface area contributed by atoms with Crippen LogP contribution in [0.2, 0.25) is 0 Å². The monoisotopic (exact) mass is 353 g/mol. The summed E-state index contributed by atoms with van der Waals surface area (Å²) >= 11 is 0.